The van der Waals surface area contributed by atoms with Gasteiger partial charge in [0.25, 0.3) is 0 Å². The summed E-state index contributed by atoms with van der Waals surface area (Å²) in [4.78, 5) is 0. The number of hydrogen-bond donors (Lipinski definition) is 6. The third-order valence-corrected chi connectivity index (χ3v) is 2.92. The quantitative estimate of drug-likeness (QED) is 0.261. The average Bonchev–Trinajstić information content (AvgIpc) is 2.39. The molecule has 6 heteroatoms. The van der Waals surface area contributed by atoms with Crippen LogP contribution in [0.5, 0.6) is 0 Å². The van der Waals surface area contributed by atoms with Gasteiger partial charge in [0.05, 0.1) is 6.04 Å². The number of nitrogens with two attached hydrogens (primary N) is 3. The van der Waals surface area contributed by atoms with E-state index in [9.17, 15) is 0 Å². The van der Waals surface area contributed by atoms with Gasteiger partial charge in [0.1, 0.15) is 5.82 Å². The first kappa shape index (κ1) is 11.6. The van der Waals surface area contributed by atoms with Gasteiger partial charge in [0.2, 0.25) is 0 Å². The molecular formula is C11H18N6. The molecular weight excluding hydrogens is 216 g/mol. The number of rotatable bonds is 3. The molecule has 1 atom stereocenters. The third kappa shape index (κ3) is 2.27. The van der Waals surface area contributed by atoms with Gasteiger partial charge in [0, 0.05) is 18.8 Å². The van der Waals surface area contributed by atoms with Crippen LogP contribution in [0.1, 0.15) is 0 Å². The van der Waals surface area contributed by atoms with Crippen LogP contribution < -0.4 is 33.4 Å². The topological polar surface area (TPSA) is 114 Å². The van der Waals surface area contributed by atoms with Gasteiger partial charge >= 0.3 is 0 Å². The lowest BCUT2D eigenvalue weighted by molar-refractivity contribution is 0.604. The Morgan fingerprint density at radius 2 is 2.35 bits per heavy atom. The second-order valence-corrected chi connectivity index (χ2v) is 3.91. The number of allylic oxidation sites excluding steroid dienone is 2. The van der Waals surface area contributed by atoms with Crippen LogP contribution >= 0.6 is 0 Å². The Morgan fingerprint density at radius 3 is 3.00 bits per heavy atom. The average molecular weight is 234 g/mol. The van der Waals surface area contributed by atoms with Crippen LogP contribution in [0.15, 0.2) is 47.1 Å². The summed E-state index contributed by atoms with van der Waals surface area (Å²) in [6.07, 6.45) is 7.55. The van der Waals surface area contributed by atoms with E-state index in [1.807, 2.05) is 12.2 Å². The zero-order valence-electron chi connectivity index (χ0n) is 9.53. The number of fused-ring (bicyclic) bond motifs is 1. The molecule has 0 saturated carbocycles. The molecule has 0 aromatic rings. The highest BCUT2D eigenvalue weighted by atomic mass is 15.3. The molecule has 0 aliphatic carbocycles. The van der Waals surface area contributed by atoms with Crippen molar-refractivity contribution in [2.75, 3.05) is 13.1 Å². The Labute approximate surface area is 100 Å². The fraction of sp³-hybridized carbons (Fsp3) is 0.273. The second-order valence-electron chi connectivity index (χ2n) is 3.91. The lowest BCUT2D eigenvalue weighted by Gasteiger charge is -2.31. The van der Waals surface area contributed by atoms with E-state index in [1.165, 1.54) is 0 Å². The van der Waals surface area contributed by atoms with Gasteiger partial charge in [-0.05, 0) is 29.5 Å². The van der Waals surface area contributed by atoms with E-state index in [4.69, 9.17) is 17.3 Å². The fourth-order valence-electron chi connectivity index (χ4n) is 1.94. The first-order chi connectivity index (χ1) is 8.28. The molecule has 2 aliphatic rings. The lowest BCUT2D eigenvalue weighted by Crippen LogP contribution is -2.45. The van der Waals surface area contributed by atoms with E-state index >= 15 is 0 Å². The first-order valence-corrected chi connectivity index (χ1v) is 5.49. The van der Waals surface area contributed by atoms with Crippen molar-refractivity contribution in [1.82, 2.24) is 16.1 Å². The highest BCUT2D eigenvalue weighted by molar-refractivity contribution is 5.42. The summed E-state index contributed by atoms with van der Waals surface area (Å²) in [5, 5.41) is 6.58. The molecule has 1 unspecified atom stereocenters. The van der Waals surface area contributed by atoms with E-state index in [0.717, 1.165) is 29.2 Å². The van der Waals surface area contributed by atoms with E-state index in [0.29, 0.717) is 6.54 Å². The first-order valence-electron chi connectivity index (χ1n) is 5.49. The smallest absolute Gasteiger partial charge is 0.114 e. The van der Waals surface area contributed by atoms with Crippen molar-refractivity contribution in [2.45, 2.75) is 6.04 Å². The summed E-state index contributed by atoms with van der Waals surface area (Å²) in [5.74, 6) is 6.15. The monoisotopic (exact) mass is 234 g/mol. The summed E-state index contributed by atoms with van der Waals surface area (Å²) < 4.78 is 0. The van der Waals surface area contributed by atoms with Crippen LogP contribution in [0.25, 0.3) is 0 Å². The molecule has 0 aromatic heterocycles. The van der Waals surface area contributed by atoms with Crippen LogP contribution in [-0.4, -0.2) is 19.1 Å². The molecule has 0 aromatic carbocycles. The van der Waals surface area contributed by atoms with Gasteiger partial charge in [-0.1, -0.05) is 6.08 Å². The normalized spacial score (nSPS) is 23.5. The predicted molar refractivity (Wildman–Crippen MR) is 67.8 cm³/mol. The Morgan fingerprint density at radius 1 is 1.53 bits per heavy atom. The molecule has 2 heterocycles. The minimum absolute atomic E-state index is 0.0799. The van der Waals surface area contributed by atoms with E-state index in [-0.39, 0.29) is 6.04 Å². The zero-order valence-corrected chi connectivity index (χ0v) is 9.53. The van der Waals surface area contributed by atoms with Crippen LogP contribution in [0.2, 0.25) is 0 Å². The van der Waals surface area contributed by atoms with Crippen LogP contribution in [0.3, 0.4) is 0 Å². The van der Waals surface area contributed by atoms with Gasteiger partial charge in [-0.2, -0.15) is 0 Å². The van der Waals surface area contributed by atoms with Crippen LogP contribution in [0.4, 0.5) is 0 Å². The molecule has 0 radical (unpaired) electrons. The van der Waals surface area contributed by atoms with Gasteiger partial charge in [-0.15, -0.1) is 0 Å². The summed E-state index contributed by atoms with van der Waals surface area (Å²) in [5.41, 5.74) is 17.0. The molecule has 92 valence electrons. The highest BCUT2D eigenvalue weighted by Crippen LogP contribution is 2.19. The number of nitrogens with one attached hydrogen (secondary N) is 3. The predicted octanol–water partition coefficient (Wildman–Crippen LogP) is -1.52. The van der Waals surface area contributed by atoms with Crippen molar-refractivity contribution in [3.05, 3.63) is 47.1 Å². The van der Waals surface area contributed by atoms with Crippen molar-refractivity contribution < 1.29 is 0 Å². The maximum Gasteiger partial charge on any atom is 0.114 e. The standard InChI is InChI=1S/C11H18N6/c12-4-8(5-13)7-3-10-9(15-6-7)1-2-11(16-10)17-14/h1-4,10,15-17H,5-6,12-14H2/b8-4+. The fourth-order valence-corrected chi connectivity index (χ4v) is 1.94. The molecule has 0 saturated heterocycles. The SMILES string of the molecule is N/C=C(\CN)C1=CC2NC(NN)=CC=C2NC1. The van der Waals surface area contributed by atoms with E-state index in [2.05, 4.69) is 22.1 Å². The summed E-state index contributed by atoms with van der Waals surface area (Å²) in [6.45, 7) is 1.18. The number of dihydropyridines is 1. The molecule has 17 heavy (non-hydrogen) atoms. The molecule has 9 N–H and O–H groups in total. The maximum atomic E-state index is 5.64. The molecule has 2 rings (SSSR count). The minimum Gasteiger partial charge on any atom is -0.404 e. The van der Waals surface area contributed by atoms with Crippen molar-refractivity contribution in [1.29, 1.82) is 0 Å². The van der Waals surface area contributed by atoms with Crippen molar-refractivity contribution in [2.24, 2.45) is 17.3 Å². The van der Waals surface area contributed by atoms with Gasteiger partial charge < -0.3 is 27.5 Å². The van der Waals surface area contributed by atoms with Gasteiger partial charge in [0.15, 0.2) is 0 Å². The van der Waals surface area contributed by atoms with Crippen LogP contribution in [-0.2, 0) is 0 Å². The Balaban J connectivity index is 2.21. The number of hydrogen-bond acceptors (Lipinski definition) is 6. The third-order valence-electron chi connectivity index (χ3n) is 2.92. The molecule has 6 nitrogen and oxygen atoms in total. The van der Waals surface area contributed by atoms with Gasteiger partial charge in [-0.3, -0.25) is 0 Å². The lowest BCUT2D eigenvalue weighted by atomic mass is 9.97. The molecule has 0 bridgehead atoms. The summed E-state index contributed by atoms with van der Waals surface area (Å²) in [7, 11) is 0. The molecule has 0 fully saturated rings. The molecule has 0 amide bonds. The zero-order chi connectivity index (χ0) is 12.3. The van der Waals surface area contributed by atoms with Gasteiger partial charge in [-0.25, -0.2) is 5.84 Å². The van der Waals surface area contributed by atoms with E-state index < -0.39 is 0 Å². The van der Waals surface area contributed by atoms with Crippen molar-refractivity contribution in [3.63, 3.8) is 0 Å². The summed E-state index contributed by atoms with van der Waals surface area (Å²) >= 11 is 0. The second kappa shape index (κ2) is 4.94. The molecule has 2 aliphatic heterocycles. The van der Waals surface area contributed by atoms with Crippen molar-refractivity contribution in [3.8, 4) is 0 Å². The Bertz CT molecular complexity index is 418. The summed E-state index contributed by atoms with van der Waals surface area (Å²) in [6, 6.07) is 0.0799. The maximum absolute atomic E-state index is 5.64. The Hall–Kier alpha value is -1.92. The number of hydrazine groups is 1. The van der Waals surface area contributed by atoms with Crippen molar-refractivity contribution >= 4 is 0 Å². The largest absolute Gasteiger partial charge is 0.404 e. The van der Waals surface area contributed by atoms with E-state index in [1.54, 1.807) is 6.20 Å². The Kier molecular flexibility index (Phi) is 3.36. The highest BCUT2D eigenvalue weighted by Gasteiger charge is 2.21. The minimum atomic E-state index is 0.0799. The molecule has 0 spiro atoms. The van der Waals surface area contributed by atoms with Crippen LogP contribution in [0, 0.1) is 0 Å².